The Kier molecular flexibility index (Phi) is 7.13. The highest BCUT2D eigenvalue weighted by Crippen LogP contribution is 2.27. The molecule has 0 bridgehead atoms. The molecule has 1 aromatic carbocycles. The van der Waals surface area contributed by atoms with Gasteiger partial charge in [-0.25, -0.2) is 4.39 Å². The zero-order valence-electron chi connectivity index (χ0n) is 11.2. The number of benzene rings is 1. The first-order valence-corrected chi connectivity index (χ1v) is 7.32. The summed E-state index contributed by atoms with van der Waals surface area (Å²) in [6, 6.07) is 7.64. The number of amides is 1. The van der Waals surface area contributed by atoms with Crippen LogP contribution >= 0.6 is 34.8 Å². The Labute approximate surface area is 141 Å². The molecule has 0 radical (unpaired) electrons. The maximum Gasteiger partial charge on any atom is 0.307 e. The fraction of sp³-hybridized carbons (Fsp3) is 0.286. The molecule has 0 saturated carbocycles. The highest BCUT2D eigenvalue weighted by atomic mass is 35.6. The molecule has 1 unspecified atom stereocenters. The van der Waals surface area contributed by atoms with E-state index in [0.29, 0.717) is 0 Å². The monoisotopic (exact) mass is 367 g/mol. The average molecular weight is 369 g/mol. The van der Waals surface area contributed by atoms with Crippen LogP contribution in [-0.2, 0) is 16.0 Å². The number of halogens is 4. The van der Waals surface area contributed by atoms with Gasteiger partial charge in [0.15, 0.2) is 0 Å². The number of alkyl halides is 3. The Morgan fingerprint density at radius 3 is 2.36 bits per heavy atom. The lowest BCUT2D eigenvalue weighted by atomic mass is 10.0. The van der Waals surface area contributed by atoms with Crippen LogP contribution in [-0.4, -0.2) is 26.8 Å². The molecule has 0 aromatic heterocycles. The van der Waals surface area contributed by atoms with Crippen LogP contribution in [0.15, 0.2) is 42.2 Å². The largest absolute Gasteiger partial charge is 0.481 e. The first kappa shape index (κ1) is 18.7. The summed E-state index contributed by atoms with van der Waals surface area (Å²) < 4.78 is 11.9. The van der Waals surface area contributed by atoms with Crippen LogP contribution in [0.4, 0.5) is 4.39 Å². The predicted octanol–water partition coefficient (Wildman–Crippen LogP) is 3.41. The van der Waals surface area contributed by atoms with E-state index in [0.717, 1.165) is 11.6 Å². The quantitative estimate of drug-likeness (QED) is 0.756. The van der Waals surface area contributed by atoms with Gasteiger partial charge in [-0.2, -0.15) is 0 Å². The van der Waals surface area contributed by atoms with Crippen LogP contribution in [0.2, 0.25) is 0 Å². The van der Waals surface area contributed by atoms with Gasteiger partial charge in [0, 0.05) is 0 Å². The summed E-state index contributed by atoms with van der Waals surface area (Å²) in [6.45, 7) is 0. The zero-order chi connectivity index (χ0) is 16.8. The van der Waals surface area contributed by atoms with E-state index < -0.39 is 34.0 Å². The van der Waals surface area contributed by atoms with Crippen molar-refractivity contribution in [3.63, 3.8) is 0 Å². The van der Waals surface area contributed by atoms with Crippen molar-refractivity contribution in [2.75, 3.05) is 0 Å². The number of hydrogen-bond acceptors (Lipinski definition) is 2. The van der Waals surface area contributed by atoms with E-state index in [2.05, 4.69) is 5.32 Å². The molecule has 0 fully saturated rings. The van der Waals surface area contributed by atoms with Crippen molar-refractivity contribution in [3.05, 3.63) is 47.8 Å². The fourth-order valence-corrected chi connectivity index (χ4v) is 1.80. The normalized spacial score (nSPS) is 13.5. The van der Waals surface area contributed by atoms with Crippen LogP contribution in [0.25, 0.3) is 0 Å². The van der Waals surface area contributed by atoms with Crippen molar-refractivity contribution in [1.82, 2.24) is 5.32 Å². The minimum absolute atomic E-state index is 0.0925. The Bertz CT molecular complexity index is 558. The Morgan fingerprint density at radius 2 is 1.86 bits per heavy atom. The Morgan fingerprint density at radius 1 is 1.27 bits per heavy atom. The topological polar surface area (TPSA) is 66.4 Å². The minimum Gasteiger partial charge on any atom is -0.481 e. The van der Waals surface area contributed by atoms with E-state index >= 15 is 0 Å². The first-order chi connectivity index (χ1) is 10.2. The molecule has 1 amide bonds. The van der Waals surface area contributed by atoms with Gasteiger partial charge in [-0.15, -0.1) is 0 Å². The van der Waals surface area contributed by atoms with E-state index in [1.165, 1.54) is 0 Å². The lowest BCUT2D eigenvalue weighted by Gasteiger charge is -2.20. The maximum absolute atomic E-state index is 14.1. The molecule has 4 nitrogen and oxygen atoms in total. The molecular formula is C14H13Cl3FNO3. The van der Waals surface area contributed by atoms with Crippen LogP contribution < -0.4 is 5.32 Å². The molecule has 120 valence electrons. The van der Waals surface area contributed by atoms with Gasteiger partial charge in [-0.05, 0) is 18.1 Å². The second-order valence-electron chi connectivity index (χ2n) is 4.40. The number of nitrogens with one attached hydrogen (secondary N) is 1. The second-order valence-corrected chi connectivity index (χ2v) is 6.68. The summed E-state index contributed by atoms with van der Waals surface area (Å²) in [7, 11) is 0. The number of carbonyl (C=O) groups excluding carboxylic acids is 1. The van der Waals surface area contributed by atoms with Gasteiger partial charge in [0.2, 0.25) is 0 Å². The third-order valence-corrected chi connectivity index (χ3v) is 3.16. The summed E-state index contributed by atoms with van der Waals surface area (Å²) in [5, 5.41) is 10.8. The van der Waals surface area contributed by atoms with E-state index in [-0.39, 0.29) is 6.42 Å². The maximum atomic E-state index is 14.1. The standard InChI is InChI=1S/C14H13Cl3FNO3/c15-14(16,17)13(22)19-11(10(18)6-7-12(20)21)8-9-4-2-1-3-5-9/h1-6,11H,7-8H2,(H,19,22)(H,20,21)/b10-6-. The second kappa shape index (κ2) is 8.36. The molecule has 0 aliphatic heterocycles. The molecular weight excluding hydrogens is 356 g/mol. The summed E-state index contributed by atoms with van der Waals surface area (Å²) in [5.41, 5.74) is 0.732. The van der Waals surface area contributed by atoms with Gasteiger partial charge in [-0.1, -0.05) is 65.1 Å². The van der Waals surface area contributed by atoms with E-state index in [1.807, 2.05) is 0 Å². The van der Waals surface area contributed by atoms with Gasteiger partial charge in [-0.3, -0.25) is 9.59 Å². The number of carboxylic acids is 1. The summed E-state index contributed by atoms with van der Waals surface area (Å²) in [5.74, 6) is -2.99. The van der Waals surface area contributed by atoms with Crippen molar-refractivity contribution in [1.29, 1.82) is 0 Å². The lowest BCUT2D eigenvalue weighted by Crippen LogP contribution is -2.43. The highest BCUT2D eigenvalue weighted by Gasteiger charge is 2.33. The first-order valence-electron chi connectivity index (χ1n) is 6.19. The molecule has 8 heteroatoms. The van der Waals surface area contributed by atoms with E-state index in [4.69, 9.17) is 39.9 Å². The number of rotatable bonds is 6. The van der Waals surface area contributed by atoms with Crippen LogP contribution in [0.3, 0.4) is 0 Å². The van der Waals surface area contributed by atoms with Crippen LogP contribution in [0.1, 0.15) is 12.0 Å². The molecule has 0 aliphatic carbocycles. The van der Waals surface area contributed by atoms with Crippen molar-refractivity contribution in [2.24, 2.45) is 0 Å². The summed E-state index contributed by atoms with van der Waals surface area (Å²) in [6.07, 6.45) is 0.449. The van der Waals surface area contributed by atoms with Gasteiger partial charge in [0.1, 0.15) is 5.83 Å². The van der Waals surface area contributed by atoms with E-state index in [1.54, 1.807) is 30.3 Å². The number of hydrogen-bond donors (Lipinski definition) is 2. The predicted molar refractivity (Wildman–Crippen MR) is 83.8 cm³/mol. The summed E-state index contributed by atoms with van der Waals surface area (Å²) in [4.78, 5) is 22.2. The summed E-state index contributed by atoms with van der Waals surface area (Å²) >= 11 is 16.3. The molecule has 2 N–H and O–H groups in total. The molecule has 0 aliphatic rings. The third kappa shape index (κ3) is 6.64. The lowest BCUT2D eigenvalue weighted by molar-refractivity contribution is -0.136. The zero-order valence-corrected chi connectivity index (χ0v) is 13.5. The van der Waals surface area contributed by atoms with Crippen molar-refractivity contribution < 1.29 is 19.1 Å². The van der Waals surface area contributed by atoms with Crippen molar-refractivity contribution in [2.45, 2.75) is 22.7 Å². The smallest absolute Gasteiger partial charge is 0.307 e. The van der Waals surface area contributed by atoms with Crippen LogP contribution in [0.5, 0.6) is 0 Å². The Balaban J connectivity index is 2.92. The van der Waals surface area contributed by atoms with Gasteiger partial charge < -0.3 is 10.4 Å². The number of carboxylic acid groups (broad SMARTS) is 1. The molecule has 0 spiro atoms. The third-order valence-electron chi connectivity index (χ3n) is 2.65. The van der Waals surface area contributed by atoms with Gasteiger partial charge in [0.25, 0.3) is 9.70 Å². The molecule has 22 heavy (non-hydrogen) atoms. The average Bonchev–Trinajstić information content (AvgIpc) is 2.44. The molecule has 1 rings (SSSR count). The van der Waals surface area contributed by atoms with Gasteiger partial charge >= 0.3 is 5.97 Å². The Hall–Kier alpha value is -1.30. The molecule has 1 atom stereocenters. The van der Waals surface area contributed by atoms with Crippen LogP contribution in [0, 0.1) is 0 Å². The van der Waals surface area contributed by atoms with Crippen molar-refractivity contribution >= 4 is 46.7 Å². The molecule has 1 aromatic rings. The minimum atomic E-state index is -2.23. The molecule has 0 saturated heterocycles. The highest BCUT2D eigenvalue weighted by molar-refractivity contribution is 6.76. The fourth-order valence-electron chi connectivity index (χ4n) is 1.63. The number of aliphatic carboxylic acids is 1. The molecule has 0 heterocycles. The number of carbonyl (C=O) groups is 2. The SMILES string of the molecule is O=C(O)C/C=C(\F)C(Cc1ccccc1)NC(=O)C(Cl)(Cl)Cl. The van der Waals surface area contributed by atoms with Crippen molar-refractivity contribution in [3.8, 4) is 0 Å². The van der Waals surface area contributed by atoms with E-state index in [9.17, 15) is 14.0 Å². The van der Waals surface area contributed by atoms with Gasteiger partial charge in [0.05, 0.1) is 12.5 Å².